The lowest BCUT2D eigenvalue weighted by molar-refractivity contribution is -0.138. The number of hydrogen-bond acceptors (Lipinski definition) is 4. The molecule has 0 aromatic heterocycles. The Labute approximate surface area is 213 Å². The molecule has 1 atom stereocenters. The number of benzene rings is 3. The van der Waals surface area contributed by atoms with E-state index in [1.807, 2.05) is 49.4 Å². The van der Waals surface area contributed by atoms with Crippen LogP contribution in [0.15, 0.2) is 89.8 Å². The van der Waals surface area contributed by atoms with Crippen LogP contribution in [-0.4, -0.2) is 51.3 Å². The Morgan fingerprint density at radius 3 is 2.00 bits per heavy atom. The van der Waals surface area contributed by atoms with Gasteiger partial charge in [0.2, 0.25) is 11.8 Å². The van der Waals surface area contributed by atoms with Crippen LogP contribution in [-0.2, 0) is 32.5 Å². The number of anilines is 1. The molecule has 0 aliphatic rings. The molecular weight excluding hydrogens is 474 g/mol. The molecule has 0 fully saturated rings. The number of nitrogens with zero attached hydrogens (tertiary/aromatic N) is 2. The normalized spacial score (nSPS) is 12.0. The fraction of sp³-hybridized carbons (Fsp3) is 0.286. The monoisotopic (exact) mass is 507 g/mol. The molecule has 0 saturated carbocycles. The lowest BCUT2D eigenvalue weighted by Crippen LogP contribution is -2.51. The zero-order valence-corrected chi connectivity index (χ0v) is 21.7. The molecule has 0 heterocycles. The van der Waals surface area contributed by atoms with E-state index < -0.39 is 28.5 Å². The largest absolute Gasteiger partial charge is 0.357 e. The first kappa shape index (κ1) is 26.9. The van der Waals surface area contributed by atoms with Gasteiger partial charge in [-0.3, -0.25) is 13.9 Å². The van der Waals surface area contributed by atoms with E-state index in [-0.39, 0.29) is 17.3 Å². The number of carbonyl (C=O) groups excluding carboxylic acids is 2. The second-order valence-electron chi connectivity index (χ2n) is 8.46. The maximum absolute atomic E-state index is 13.7. The highest BCUT2D eigenvalue weighted by Gasteiger charge is 2.32. The van der Waals surface area contributed by atoms with Crippen LogP contribution in [0.5, 0.6) is 0 Å². The van der Waals surface area contributed by atoms with Crippen molar-refractivity contribution >= 4 is 27.5 Å². The first-order valence-electron chi connectivity index (χ1n) is 12.0. The third-order valence-corrected chi connectivity index (χ3v) is 7.93. The molecule has 3 rings (SSSR count). The number of rotatable bonds is 11. The van der Waals surface area contributed by atoms with E-state index >= 15 is 0 Å². The van der Waals surface area contributed by atoms with Crippen LogP contribution < -0.4 is 9.62 Å². The SMILES string of the molecule is CCc1ccc(N(CC(=O)N(CCc2ccccc2)[C@H](C)C(=O)NC)S(=O)(=O)c2ccccc2)cc1. The van der Waals surface area contributed by atoms with Crippen molar-refractivity contribution in [2.45, 2.75) is 37.6 Å². The van der Waals surface area contributed by atoms with Crippen LogP contribution in [0.25, 0.3) is 0 Å². The van der Waals surface area contributed by atoms with Crippen molar-refractivity contribution in [1.82, 2.24) is 10.2 Å². The molecular formula is C28H33N3O4S. The Kier molecular flexibility index (Phi) is 9.25. The summed E-state index contributed by atoms with van der Waals surface area (Å²) in [4.78, 5) is 27.7. The Balaban J connectivity index is 1.96. The van der Waals surface area contributed by atoms with E-state index in [1.165, 1.54) is 24.1 Å². The lowest BCUT2D eigenvalue weighted by Gasteiger charge is -2.31. The van der Waals surface area contributed by atoms with Gasteiger partial charge in [-0.1, -0.05) is 67.6 Å². The number of carbonyl (C=O) groups is 2. The van der Waals surface area contributed by atoms with Crippen molar-refractivity contribution in [3.63, 3.8) is 0 Å². The van der Waals surface area contributed by atoms with Gasteiger partial charge in [0, 0.05) is 13.6 Å². The smallest absolute Gasteiger partial charge is 0.264 e. The highest BCUT2D eigenvalue weighted by Crippen LogP contribution is 2.25. The number of hydrogen-bond donors (Lipinski definition) is 1. The van der Waals surface area contributed by atoms with E-state index in [2.05, 4.69) is 5.32 Å². The van der Waals surface area contributed by atoms with E-state index in [1.54, 1.807) is 37.3 Å². The van der Waals surface area contributed by atoms with Crippen LogP contribution in [0, 0.1) is 0 Å². The summed E-state index contributed by atoms with van der Waals surface area (Å²) in [5, 5.41) is 2.59. The topological polar surface area (TPSA) is 86.8 Å². The average Bonchev–Trinajstić information content (AvgIpc) is 2.92. The Morgan fingerprint density at radius 1 is 0.861 bits per heavy atom. The average molecular weight is 508 g/mol. The predicted octanol–water partition coefficient (Wildman–Crippen LogP) is 3.65. The first-order chi connectivity index (χ1) is 17.3. The lowest BCUT2D eigenvalue weighted by atomic mass is 10.1. The number of aryl methyl sites for hydroxylation is 1. The molecule has 0 unspecified atom stereocenters. The number of amides is 2. The molecule has 0 aliphatic heterocycles. The van der Waals surface area contributed by atoms with Gasteiger partial charge >= 0.3 is 0 Å². The Morgan fingerprint density at radius 2 is 1.44 bits per heavy atom. The molecule has 0 saturated heterocycles. The summed E-state index contributed by atoms with van der Waals surface area (Å²) in [6.07, 6.45) is 1.34. The predicted molar refractivity (Wildman–Crippen MR) is 142 cm³/mol. The second kappa shape index (κ2) is 12.4. The third-order valence-electron chi connectivity index (χ3n) is 6.14. The van der Waals surface area contributed by atoms with Gasteiger partial charge in [0.05, 0.1) is 10.6 Å². The molecule has 0 bridgehead atoms. The first-order valence-corrected chi connectivity index (χ1v) is 13.4. The highest BCUT2D eigenvalue weighted by atomic mass is 32.2. The van der Waals surface area contributed by atoms with Crippen LogP contribution in [0.2, 0.25) is 0 Å². The molecule has 8 heteroatoms. The maximum atomic E-state index is 13.7. The molecule has 36 heavy (non-hydrogen) atoms. The molecule has 0 spiro atoms. The molecule has 1 N–H and O–H groups in total. The van der Waals surface area contributed by atoms with Gasteiger partial charge in [-0.15, -0.1) is 0 Å². The third kappa shape index (κ3) is 6.51. The van der Waals surface area contributed by atoms with E-state index in [0.29, 0.717) is 12.1 Å². The Bertz CT molecular complexity index is 1250. The summed E-state index contributed by atoms with van der Waals surface area (Å²) in [6, 6.07) is 24.1. The molecule has 3 aromatic carbocycles. The highest BCUT2D eigenvalue weighted by molar-refractivity contribution is 7.92. The van der Waals surface area contributed by atoms with Gasteiger partial charge < -0.3 is 10.2 Å². The van der Waals surface area contributed by atoms with Gasteiger partial charge in [0.25, 0.3) is 10.0 Å². The van der Waals surface area contributed by atoms with Crippen LogP contribution in [0.4, 0.5) is 5.69 Å². The van der Waals surface area contributed by atoms with Crippen LogP contribution in [0.1, 0.15) is 25.0 Å². The van der Waals surface area contributed by atoms with Crippen LogP contribution in [0.3, 0.4) is 0 Å². The molecule has 0 aliphatic carbocycles. The zero-order valence-electron chi connectivity index (χ0n) is 20.9. The van der Waals surface area contributed by atoms with Crippen molar-refractivity contribution in [1.29, 1.82) is 0 Å². The summed E-state index contributed by atoms with van der Waals surface area (Å²) >= 11 is 0. The molecule has 190 valence electrons. The summed E-state index contributed by atoms with van der Waals surface area (Å²) in [5.74, 6) is -0.776. The summed E-state index contributed by atoms with van der Waals surface area (Å²) < 4.78 is 28.4. The second-order valence-corrected chi connectivity index (χ2v) is 10.3. The van der Waals surface area contributed by atoms with Crippen molar-refractivity contribution in [3.8, 4) is 0 Å². The summed E-state index contributed by atoms with van der Waals surface area (Å²) in [7, 11) is -2.52. The van der Waals surface area contributed by atoms with E-state index in [0.717, 1.165) is 21.9 Å². The van der Waals surface area contributed by atoms with Gasteiger partial charge in [0.15, 0.2) is 0 Å². The zero-order chi connectivity index (χ0) is 26.1. The molecule has 3 aromatic rings. The van der Waals surface area contributed by atoms with E-state index in [9.17, 15) is 18.0 Å². The standard InChI is InChI=1S/C28H33N3O4S/c1-4-23-15-17-25(18-16-23)31(36(34,35)26-13-9-6-10-14-26)21-27(32)30(22(2)28(33)29-3)20-19-24-11-7-5-8-12-24/h5-18,22H,4,19-21H2,1-3H3,(H,29,33)/t22-/m1/s1. The van der Waals surface area contributed by atoms with Crippen molar-refractivity contribution < 1.29 is 18.0 Å². The van der Waals surface area contributed by atoms with Crippen LogP contribution >= 0.6 is 0 Å². The molecule has 2 amide bonds. The van der Waals surface area contributed by atoms with Crippen molar-refractivity contribution in [2.75, 3.05) is 24.4 Å². The van der Waals surface area contributed by atoms with Gasteiger partial charge in [-0.05, 0) is 55.2 Å². The number of likely N-dealkylation sites (N-methyl/N-ethyl adjacent to an activating group) is 1. The summed E-state index contributed by atoms with van der Waals surface area (Å²) in [5.41, 5.74) is 2.46. The summed E-state index contributed by atoms with van der Waals surface area (Å²) in [6.45, 7) is 3.50. The minimum Gasteiger partial charge on any atom is -0.357 e. The fourth-order valence-electron chi connectivity index (χ4n) is 3.93. The minimum atomic E-state index is -4.04. The Hall–Kier alpha value is -3.65. The van der Waals surface area contributed by atoms with Gasteiger partial charge in [-0.2, -0.15) is 0 Å². The fourth-order valence-corrected chi connectivity index (χ4v) is 5.36. The number of nitrogens with one attached hydrogen (secondary N) is 1. The minimum absolute atomic E-state index is 0.0903. The molecule has 0 radical (unpaired) electrons. The van der Waals surface area contributed by atoms with Crippen molar-refractivity contribution in [3.05, 3.63) is 96.1 Å². The van der Waals surface area contributed by atoms with E-state index in [4.69, 9.17) is 0 Å². The van der Waals surface area contributed by atoms with Gasteiger partial charge in [-0.25, -0.2) is 8.42 Å². The van der Waals surface area contributed by atoms with Gasteiger partial charge in [0.1, 0.15) is 12.6 Å². The quantitative estimate of drug-likeness (QED) is 0.429. The number of sulfonamides is 1. The molecule has 7 nitrogen and oxygen atoms in total. The van der Waals surface area contributed by atoms with Crippen molar-refractivity contribution in [2.24, 2.45) is 0 Å². The maximum Gasteiger partial charge on any atom is 0.264 e.